The predicted molar refractivity (Wildman–Crippen MR) is 118 cm³/mol. The van der Waals surface area contributed by atoms with Gasteiger partial charge in [-0.25, -0.2) is 8.42 Å². The molecule has 1 aliphatic rings. The zero-order valence-corrected chi connectivity index (χ0v) is 17.3. The Morgan fingerprint density at radius 1 is 0.935 bits per heavy atom. The summed E-state index contributed by atoms with van der Waals surface area (Å²) in [4.78, 5) is 12.4. The number of carbonyl (C=O) groups excluding carboxylic acids is 1. The zero-order chi connectivity index (χ0) is 21.7. The number of carbonyl (C=O) groups is 1. The average Bonchev–Trinajstić information content (AvgIpc) is 3.25. The van der Waals surface area contributed by atoms with Crippen LogP contribution in [0, 0.1) is 0 Å². The van der Waals surface area contributed by atoms with E-state index in [1.165, 1.54) is 6.08 Å². The van der Waals surface area contributed by atoms with Gasteiger partial charge in [-0.05, 0) is 53.6 Å². The largest absolute Gasteiger partial charge is 0.454 e. The Morgan fingerprint density at radius 2 is 1.68 bits per heavy atom. The molecule has 8 heteroatoms. The average molecular weight is 436 g/mol. The number of fused-ring (bicyclic) bond motifs is 1. The number of nitrogens with one attached hydrogen (secondary N) is 2. The van der Waals surface area contributed by atoms with Crippen molar-refractivity contribution >= 4 is 27.7 Å². The maximum atomic E-state index is 12.4. The minimum Gasteiger partial charge on any atom is -0.454 e. The monoisotopic (exact) mass is 436 g/mol. The minimum absolute atomic E-state index is 0.198. The van der Waals surface area contributed by atoms with Crippen molar-refractivity contribution in [3.8, 4) is 11.5 Å². The second-order valence-electron chi connectivity index (χ2n) is 6.81. The standard InChI is InChI=1S/C23H20N2O5S/c26-23(24-15-18-6-11-21-22(14-18)30-16-29-21)19-7-9-20(10-8-19)25-31(27,28)13-12-17-4-2-1-3-5-17/h1-14,25H,15-16H2,(H,24,26)/b13-12+. The van der Waals surface area contributed by atoms with E-state index in [1.54, 1.807) is 30.3 Å². The van der Waals surface area contributed by atoms with Gasteiger partial charge in [0.1, 0.15) is 0 Å². The van der Waals surface area contributed by atoms with Crippen LogP contribution in [0.3, 0.4) is 0 Å². The fourth-order valence-corrected chi connectivity index (χ4v) is 3.82. The van der Waals surface area contributed by atoms with E-state index in [4.69, 9.17) is 9.47 Å². The molecule has 1 heterocycles. The SMILES string of the molecule is O=C(NCc1ccc2c(c1)OCO2)c1ccc(NS(=O)(=O)/C=C/c2ccccc2)cc1. The molecule has 1 amide bonds. The van der Waals surface area contributed by atoms with E-state index >= 15 is 0 Å². The molecule has 31 heavy (non-hydrogen) atoms. The summed E-state index contributed by atoms with van der Waals surface area (Å²) < 4.78 is 37.5. The second-order valence-corrected chi connectivity index (χ2v) is 8.37. The van der Waals surface area contributed by atoms with Crippen molar-refractivity contribution in [2.24, 2.45) is 0 Å². The Morgan fingerprint density at radius 3 is 2.45 bits per heavy atom. The molecule has 0 atom stereocenters. The highest BCUT2D eigenvalue weighted by atomic mass is 32.2. The summed E-state index contributed by atoms with van der Waals surface area (Å²) in [5, 5.41) is 3.93. The smallest absolute Gasteiger partial charge is 0.255 e. The Bertz CT molecular complexity index is 1210. The Hall–Kier alpha value is -3.78. The molecule has 158 valence electrons. The number of ether oxygens (including phenoxy) is 2. The third-order valence-corrected chi connectivity index (χ3v) is 5.55. The first-order valence-corrected chi connectivity index (χ1v) is 11.1. The minimum atomic E-state index is -3.67. The maximum absolute atomic E-state index is 12.4. The van der Waals surface area contributed by atoms with E-state index in [-0.39, 0.29) is 12.7 Å². The van der Waals surface area contributed by atoms with Gasteiger partial charge in [-0.1, -0.05) is 36.4 Å². The van der Waals surface area contributed by atoms with Crippen LogP contribution in [0.4, 0.5) is 5.69 Å². The third kappa shape index (κ3) is 5.43. The molecule has 1 aliphatic heterocycles. The van der Waals surface area contributed by atoms with Crippen molar-refractivity contribution in [1.82, 2.24) is 5.32 Å². The molecule has 0 saturated heterocycles. The summed E-state index contributed by atoms with van der Waals surface area (Å²) in [5.41, 5.74) is 2.45. The first-order valence-electron chi connectivity index (χ1n) is 9.51. The van der Waals surface area contributed by atoms with Gasteiger partial charge in [0.05, 0.1) is 5.41 Å². The number of benzene rings is 3. The molecule has 2 N–H and O–H groups in total. The van der Waals surface area contributed by atoms with Crippen LogP contribution in [-0.2, 0) is 16.6 Å². The van der Waals surface area contributed by atoms with Gasteiger partial charge in [0, 0.05) is 17.8 Å². The molecule has 0 saturated carbocycles. The van der Waals surface area contributed by atoms with Gasteiger partial charge in [0.2, 0.25) is 6.79 Å². The van der Waals surface area contributed by atoms with Crippen LogP contribution in [0.15, 0.2) is 78.2 Å². The molecule has 0 aromatic heterocycles. The van der Waals surface area contributed by atoms with Gasteiger partial charge in [0.25, 0.3) is 15.9 Å². The summed E-state index contributed by atoms with van der Waals surface area (Å²) >= 11 is 0. The zero-order valence-electron chi connectivity index (χ0n) is 16.4. The van der Waals surface area contributed by atoms with Crippen molar-refractivity contribution in [1.29, 1.82) is 0 Å². The first-order chi connectivity index (χ1) is 15.0. The molecule has 4 rings (SSSR count). The molecule has 7 nitrogen and oxygen atoms in total. The molecule has 3 aromatic rings. The summed E-state index contributed by atoms with van der Waals surface area (Å²) in [5.74, 6) is 1.08. The lowest BCUT2D eigenvalue weighted by Gasteiger charge is -2.08. The molecule has 0 radical (unpaired) electrons. The molecular formula is C23H20N2O5S. The fraction of sp³-hybridized carbons (Fsp3) is 0.0870. The van der Waals surface area contributed by atoms with E-state index in [0.29, 0.717) is 29.3 Å². The van der Waals surface area contributed by atoms with Gasteiger partial charge in [0.15, 0.2) is 11.5 Å². The highest BCUT2D eigenvalue weighted by Gasteiger charge is 2.14. The van der Waals surface area contributed by atoms with Gasteiger partial charge >= 0.3 is 0 Å². The number of amides is 1. The highest BCUT2D eigenvalue weighted by Crippen LogP contribution is 2.32. The lowest BCUT2D eigenvalue weighted by Crippen LogP contribution is -2.22. The number of hydrogen-bond acceptors (Lipinski definition) is 5. The number of sulfonamides is 1. The van der Waals surface area contributed by atoms with Crippen LogP contribution >= 0.6 is 0 Å². The Balaban J connectivity index is 1.34. The first kappa shape index (κ1) is 20.5. The molecule has 0 bridgehead atoms. The number of hydrogen-bond donors (Lipinski definition) is 2. The van der Waals surface area contributed by atoms with Gasteiger partial charge in [-0.2, -0.15) is 0 Å². The third-order valence-electron chi connectivity index (χ3n) is 4.54. The molecule has 0 fully saturated rings. The highest BCUT2D eigenvalue weighted by molar-refractivity contribution is 7.95. The Kier molecular flexibility index (Phi) is 5.90. The van der Waals surface area contributed by atoms with Gasteiger partial charge < -0.3 is 14.8 Å². The summed E-state index contributed by atoms with van der Waals surface area (Å²) in [6.07, 6.45) is 1.51. The molecule has 0 aliphatic carbocycles. The van der Waals surface area contributed by atoms with Crippen LogP contribution in [0.2, 0.25) is 0 Å². The lowest BCUT2D eigenvalue weighted by molar-refractivity contribution is 0.0951. The van der Waals surface area contributed by atoms with E-state index in [9.17, 15) is 13.2 Å². The van der Waals surface area contributed by atoms with Crippen molar-refractivity contribution < 1.29 is 22.7 Å². The van der Waals surface area contributed by atoms with Gasteiger partial charge in [-0.3, -0.25) is 9.52 Å². The molecule has 0 unspecified atom stereocenters. The van der Waals surface area contributed by atoms with Crippen molar-refractivity contribution in [3.63, 3.8) is 0 Å². The van der Waals surface area contributed by atoms with Crippen molar-refractivity contribution in [2.45, 2.75) is 6.54 Å². The van der Waals surface area contributed by atoms with E-state index in [0.717, 1.165) is 16.5 Å². The van der Waals surface area contributed by atoms with Crippen LogP contribution in [0.1, 0.15) is 21.5 Å². The van der Waals surface area contributed by atoms with E-state index in [1.807, 2.05) is 42.5 Å². The lowest BCUT2D eigenvalue weighted by atomic mass is 10.1. The number of rotatable bonds is 7. The Labute approximate surface area is 180 Å². The number of anilines is 1. The molecular weight excluding hydrogens is 416 g/mol. The molecule has 0 spiro atoms. The van der Waals surface area contributed by atoms with Crippen LogP contribution < -0.4 is 19.5 Å². The van der Waals surface area contributed by atoms with Crippen molar-refractivity contribution in [3.05, 3.63) is 94.9 Å². The van der Waals surface area contributed by atoms with E-state index in [2.05, 4.69) is 10.0 Å². The van der Waals surface area contributed by atoms with Gasteiger partial charge in [-0.15, -0.1) is 0 Å². The van der Waals surface area contributed by atoms with E-state index < -0.39 is 10.0 Å². The normalized spacial score (nSPS) is 12.6. The quantitative estimate of drug-likeness (QED) is 0.588. The summed E-state index contributed by atoms with van der Waals surface area (Å²) in [6.45, 7) is 0.525. The summed E-state index contributed by atoms with van der Waals surface area (Å²) in [6, 6.07) is 20.8. The van der Waals surface area contributed by atoms with Crippen LogP contribution in [-0.4, -0.2) is 21.1 Å². The topological polar surface area (TPSA) is 93.7 Å². The van der Waals surface area contributed by atoms with Crippen LogP contribution in [0.5, 0.6) is 11.5 Å². The fourth-order valence-electron chi connectivity index (χ4n) is 2.96. The maximum Gasteiger partial charge on any atom is 0.255 e. The molecule has 3 aromatic carbocycles. The van der Waals surface area contributed by atoms with Crippen molar-refractivity contribution in [2.75, 3.05) is 11.5 Å². The summed E-state index contributed by atoms with van der Waals surface area (Å²) in [7, 11) is -3.67. The predicted octanol–water partition coefficient (Wildman–Crippen LogP) is 3.76. The second kappa shape index (κ2) is 8.93. The van der Waals surface area contributed by atoms with Crippen LogP contribution in [0.25, 0.3) is 6.08 Å².